The third-order valence-corrected chi connectivity index (χ3v) is 4.63. The molecule has 26 heavy (non-hydrogen) atoms. The van der Waals surface area contributed by atoms with Gasteiger partial charge in [-0.2, -0.15) is 0 Å². The van der Waals surface area contributed by atoms with Crippen LogP contribution in [-0.4, -0.2) is 20.2 Å². The highest BCUT2D eigenvalue weighted by Gasteiger charge is 2.32. The van der Waals surface area contributed by atoms with Crippen molar-refractivity contribution in [1.82, 2.24) is 0 Å². The molecule has 1 aliphatic rings. The molecule has 0 aliphatic heterocycles. The van der Waals surface area contributed by atoms with E-state index in [2.05, 4.69) is 0 Å². The summed E-state index contributed by atoms with van der Waals surface area (Å²) in [6.45, 7) is 0. The van der Waals surface area contributed by atoms with Crippen LogP contribution in [0.4, 0.5) is 0 Å². The topological polar surface area (TPSA) is 44.8 Å². The highest BCUT2D eigenvalue weighted by molar-refractivity contribution is 5.96. The van der Waals surface area contributed by atoms with Crippen molar-refractivity contribution in [3.05, 3.63) is 83.4 Å². The zero-order valence-corrected chi connectivity index (χ0v) is 14.6. The minimum atomic E-state index is -0.476. The predicted octanol–water partition coefficient (Wildman–Crippen LogP) is 4.63. The lowest BCUT2D eigenvalue weighted by Gasteiger charge is -2.17. The van der Waals surface area contributed by atoms with Gasteiger partial charge in [-0.05, 0) is 23.3 Å². The van der Waals surface area contributed by atoms with Crippen molar-refractivity contribution >= 4 is 5.97 Å². The van der Waals surface area contributed by atoms with Crippen LogP contribution in [0.1, 0.15) is 27.6 Å². The Hall–Kier alpha value is -3.27. The van der Waals surface area contributed by atoms with Crippen LogP contribution in [0.15, 0.2) is 66.7 Å². The van der Waals surface area contributed by atoms with Gasteiger partial charge in [0, 0.05) is 11.1 Å². The van der Waals surface area contributed by atoms with Crippen molar-refractivity contribution in [2.24, 2.45) is 0 Å². The fourth-order valence-electron chi connectivity index (χ4n) is 3.45. The number of benzene rings is 3. The van der Waals surface area contributed by atoms with Crippen LogP contribution in [0.3, 0.4) is 0 Å². The van der Waals surface area contributed by atoms with Crippen molar-refractivity contribution in [2.75, 3.05) is 14.2 Å². The molecule has 0 atom stereocenters. The predicted molar refractivity (Wildman–Crippen MR) is 98.7 cm³/mol. The van der Waals surface area contributed by atoms with Crippen LogP contribution in [0.25, 0.3) is 11.1 Å². The van der Waals surface area contributed by atoms with E-state index in [4.69, 9.17) is 14.2 Å². The standard InChI is InChI=1S/C22H18O4/c1-24-18-12-7-13-19(25-2)20(18)22(23)26-21-16-10-5-3-8-14(16)15-9-4-6-11-17(15)21/h3-13,21H,1-2H3. The van der Waals surface area contributed by atoms with Crippen molar-refractivity contribution in [3.8, 4) is 22.6 Å². The van der Waals surface area contributed by atoms with Gasteiger partial charge in [-0.15, -0.1) is 0 Å². The average Bonchev–Trinajstić information content (AvgIpc) is 3.01. The minimum Gasteiger partial charge on any atom is -0.496 e. The first-order chi connectivity index (χ1) is 12.7. The summed E-state index contributed by atoms with van der Waals surface area (Å²) in [6, 6.07) is 21.2. The number of ether oxygens (including phenoxy) is 3. The maximum atomic E-state index is 13.0. The maximum Gasteiger partial charge on any atom is 0.346 e. The number of fused-ring (bicyclic) bond motifs is 3. The fourth-order valence-corrected chi connectivity index (χ4v) is 3.45. The third-order valence-electron chi connectivity index (χ3n) is 4.63. The van der Waals surface area contributed by atoms with Gasteiger partial charge in [0.2, 0.25) is 0 Å². The van der Waals surface area contributed by atoms with E-state index in [1.165, 1.54) is 14.2 Å². The molecule has 4 nitrogen and oxygen atoms in total. The number of hydrogen-bond acceptors (Lipinski definition) is 4. The van der Waals surface area contributed by atoms with Crippen LogP contribution in [0.5, 0.6) is 11.5 Å². The Bertz CT molecular complexity index is 910. The molecule has 3 aromatic carbocycles. The molecule has 0 saturated carbocycles. The Morgan fingerprint density at radius 3 is 1.73 bits per heavy atom. The van der Waals surface area contributed by atoms with Gasteiger partial charge in [0.15, 0.2) is 6.10 Å². The van der Waals surface area contributed by atoms with Crippen LogP contribution >= 0.6 is 0 Å². The number of methoxy groups -OCH3 is 2. The van der Waals surface area contributed by atoms with Crippen molar-refractivity contribution < 1.29 is 19.0 Å². The molecule has 130 valence electrons. The first-order valence-corrected chi connectivity index (χ1v) is 8.34. The highest BCUT2D eigenvalue weighted by Crippen LogP contribution is 2.45. The first-order valence-electron chi connectivity index (χ1n) is 8.34. The summed E-state index contributed by atoms with van der Waals surface area (Å²) in [5.74, 6) is 0.374. The molecule has 0 fully saturated rings. The van der Waals surface area contributed by atoms with Gasteiger partial charge in [-0.3, -0.25) is 0 Å². The van der Waals surface area contributed by atoms with E-state index in [1.807, 2.05) is 48.5 Å². The van der Waals surface area contributed by atoms with Crippen molar-refractivity contribution in [2.45, 2.75) is 6.10 Å². The van der Waals surface area contributed by atoms with Gasteiger partial charge in [0.05, 0.1) is 14.2 Å². The molecule has 4 rings (SSSR count). The molecule has 0 amide bonds. The van der Waals surface area contributed by atoms with Crippen molar-refractivity contribution in [3.63, 3.8) is 0 Å². The molecule has 0 bridgehead atoms. The normalized spacial score (nSPS) is 12.2. The van der Waals surface area contributed by atoms with E-state index in [-0.39, 0.29) is 0 Å². The number of esters is 1. The zero-order chi connectivity index (χ0) is 18.1. The minimum absolute atomic E-state index is 0.291. The lowest BCUT2D eigenvalue weighted by molar-refractivity contribution is 0.0378. The van der Waals surface area contributed by atoms with E-state index in [9.17, 15) is 4.79 Å². The second-order valence-corrected chi connectivity index (χ2v) is 6.00. The maximum absolute atomic E-state index is 13.0. The fraction of sp³-hybridized carbons (Fsp3) is 0.136. The molecule has 1 aliphatic carbocycles. The van der Waals surface area contributed by atoms with Crippen molar-refractivity contribution in [1.29, 1.82) is 0 Å². The van der Waals surface area contributed by atoms with Crippen LogP contribution in [-0.2, 0) is 4.74 Å². The van der Waals surface area contributed by atoms with Gasteiger partial charge < -0.3 is 14.2 Å². The zero-order valence-electron chi connectivity index (χ0n) is 14.6. The Morgan fingerprint density at radius 2 is 1.23 bits per heavy atom. The smallest absolute Gasteiger partial charge is 0.346 e. The lowest BCUT2D eigenvalue weighted by atomic mass is 10.1. The Kier molecular flexibility index (Phi) is 4.09. The van der Waals surface area contributed by atoms with Crippen LogP contribution in [0.2, 0.25) is 0 Å². The molecular formula is C22H18O4. The molecular weight excluding hydrogens is 328 g/mol. The average molecular weight is 346 g/mol. The third kappa shape index (κ3) is 2.51. The lowest BCUT2D eigenvalue weighted by Crippen LogP contribution is -2.13. The molecule has 0 spiro atoms. The summed E-state index contributed by atoms with van der Waals surface area (Å²) >= 11 is 0. The Balaban J connectivity index is 1.76. The number of carbonyl (C=O) groups excluding carboxylic acids is 1. The Labute approximate surface area is 152 Å². The molecule has 0 N–H and O–H groups in total. The Morgan fingerprint density at radius 1 is 0.731 bits per heavy atom. The number of rotatable bonds is 4. The summed E-state index contributed by atoms with van der Waals surface area (Å²) in [6.07, 6.45) is -0.454. The largest absolute Gasteiger partial charge is 0.496 e. The van der Waals surface area contributed by atoms with Crippen LogP contribution in [0, 0.1) is 0 Å². The monoisotopic (exact) mass is 346 g/mol. The van der Waals surface area contributed by atoms with E-state index >= 15 is 0 Å². The van der Waals surface area contributed by atoms with E-state index in [1.54, 1.807) is 18.2 Å². The summed E-state index contributed by atoms with van der Waals surface area (Å²) in [4.78, 5) is 13.0. The summed E-state index contributed by atoms with van der Waals surface area (Å²) in [7, 11) is 3.04. The molecule has 3 aromatic rings. The van der Waals surface area contributed by atoms with Gasteiger partial charge in [-0.25, -0.2) is 4.79 Å². The quantitative estimate of drug-likeness (QED) is 0.646. The van der Waals surface area contributed by atoms with E-state index in [0.717, 1.165) is 22.3 Å². The van der Waals surface area contributed by atoms with E-state index < -0.39 is 12.1 Å². The molecule has 4 heteroatoms. The first kappa shape index (κ1) is 16.2. The number of hydrogen-bond donors (Lipinski definition) is 0. The molecule has 0 saturated heterocycles. The summed E-state index contributed by atoms with van der Waals surface area (Å²) in [5, 5.41) is 0. The second-order valence-electron chi connectivity index (χ2n) is 6.00. The molecule has 0 unspecified atom stereocenters. The van der Waals surface area contributed by atoms with E-state index in [0.29, 0.717) is 17.1 Å². The molecule has 0 heterocycles. The SMILES string of the molecule is COc1cccc(OC)c1C(=O)OC1c2ccccc2-c2ccccc21. The summed E-state index contributed by atoms with van der Waals surface area (Å²) in [5.41, 5.74) is 4.44. The molecule has 0 radical (unpaired) electrons. The second kappa shape index (κ2) is 6.56. The highest BCUT2D eigenvalue weighted by atomic mass is 16.5. The van der Waals surface area contributed by atoms with Crippen LogP contribution < -0.4 is 9.47 Å². The summed E-state index contributed by atoms with van der Waals surface area (Å²) < 4.78 is 16.6. The van der Waals surface area contributed by atoms with Gasteiger partial charge in [0.1, 0.15) is 17.1 Å². The van der Waals surface area contributed by atoms with Gasteiger partial charge in [0.25, 0.3) is 0 Å². The van der Waals surface area contributed by atoms with Gasteiger partial charge in [-0.1, -0.05) is 54.6 Å². The molecule has 0 aromatic heterocycles. The van der Waals surface area contributed by atoms with Gasteiger partial charge >= 0.3 is 5.97 Å². The number of carbonyl (C=O) groups is 1.